The van der Waals surface area contributed by atoms with E-state index >= 15 is 0 Å². The summed E-state index contributed by atoms with van der Waals surface area (Å²) in [5.74, 6) is 0.760. The van der Waals surface area contributed by atoms with Crippen LogP contribution in [0.2, 0.25) is 0 Å². The quantitative estimate of drug-likeness (QED) is 0.805. The molecule has 0 radical (unpaired) electrons. The van der Waals surface area contributed by atoms with Crippen LogP contribution in [-0.2, 0) is 4.79 Å². The van der Waals surface area contributed by atoms with E-state index in [-0.39, 0.29) is 11.9 Å². The zero-order chi connectivity index (χ0) is 17.9. The number of carbonyl (C=O) groups excluding carboxylic acids is 1. The van der Waals surface area contributed by atoms with Gasteiger partial charge in [-0.2, -0.15) is 0 Å². The van der Waals surface area contributed by atoms with E-state index in [1.54, 1.807) is 11.8 Å². The lowest BCUT2D eigenvalue weighted by Gasteiger charge is -2.25. The zero-order valence-corrected chi connectivity index (χ0v) is 15.5. The molecule has 0 fully saturated rings. The fraction of sp³-hybridized carbons (Fsp3) is 0.250. The molecule has 0 saturated carbocycles. The second-order valence-corrected chi connectivity index (χ2v) is 8.20. The summed E-state index contributed by atoms with van der Waals surface area (Å²) >= 11 is 1.56. The summed E-state index contributed by atoms with van der Waals surface area (Å²) < 4.78 is -0.576. The number of hydrogen-bond donors (Lipinski definition) is 2. The van der Waals surface area contributed by atoms with E-state index in [1.807, 2.05) is 80.5 Å². The highest BCUT2D eigenvalue weighted by molar-refractivity contribution is 8.01. The lowest BCUT2D eigenvalue weighted by Crippen LogP contribution is -2.43. The normalized spacial score (nSPS) is 17.3. The van der Waals surface area contributed by atoms with E-state index < -0.39 is 4.75 Å². The Morgan fingerprint density at radius 2 is 1.68 bits per heavy atom. The minimum atomic E-state index is -0.576. The summed E-state index contributed by atoms with van der Waals surface area (Å²) in [5.41, 5.74) is 4.51. The van der Waals surface area contributed by atoms with Crippen molar-refractivity contribution in [2.24, 2.45) is 0 Å². The molecule has 25 heavy (non-hydrogen) atoms. The van der Waals surface area contributed by atoms with E-state index in [9.17, 15) is 4.79 Å². The van der Waals surface area contributed by atoms with Crippen LogP contribution in [0.5, 0.6) is 0 Å². The number of thioether (sulfide) groups is 1. The maximum absolute atomic E-state index is 12.8. The first-order chi connectivity index (χ1) is 12.0. The molecule has 1 unspecified atom stereocenters. The Morgan fingerprint density at radius 1 is 1.08 bits per heavy atom. The molecule has 5 heteroatoms. The number of carbonyl (C=O) groups is 1. The maximum Gasteiger partial charge on any atom is 0.241 e. The molecular formula is C20H23N3OS. The van der Waals surface area contributed by atoms with Crippen molar-refractivity contribution >= 4 is 17.7 Å². The molecule has 0 saturated heterocycles. The van der Waals surface area contributed by atoms with E-state index in [0.717, 1.165) is 16.3 Å². The predicted octanol–water partition coefficient (Wildman–Crippen LogP) is 3.71. The Labute approximate surface area is 153 Å². The second kappa shape index (κ2) is 7.33. The first-order valence-corrected chi connectivity index (χ1v) is 9.09. The fourth-order valence-electron chi connectivity index (χ4n) is 2.64. The third-order valence-corrected chi connectivity index (χ3v) is 5.29. The van der Waals surface area contributed by atoms with Crippen LogP contribution in [-0.4, -0.2) is 22.7 Å². The van der Waals surface area contributed by atoms with Crippen LogP contribution in [0.1, 0.15) is 25.5 Å². The van der Waals surface area contributed by atoms with Gasteiger partial charge in [-0.3, -0.25) is 9.80 Å². The van der Waals surface area contributed by atoms with Crippen molar-refractivity contribution in [3.63, 3.8) is 0 Å². The Hall–Kier alpha value is -2.24. The smallest absolute Gasteiger partial charge is 0.241 e. The van der Waals surface area contributed by atoms with Gasteiger partial charge in [0.25, 0.3) is 0 Å². The van der Waals surface area contributed by atoms with Crippen molar-refractivity contribution in [2.45, 2.75) is 29.5 Å². The molecule has 2 aromatic rings. The largest absolute Gasteiger partial charge is 0.310 e. The van der Waals surface area contributed by atoms with E-state index in [1.165, 1.54) is 0 Å². The Balaban J connectivity index is 1.69. The molecule has 1 heterocycles. The van der Waals surface area contributed by atoms with Gasteiger partial charge >= 0.3 is 0 Å². The summed E-state index contributed by atoms with van der Waals surface area (Å²) in [5, 5.41) is 4.91. The van der Waals surface area contributed by atoms with Crippen molar-refractivity contribution in [2.75, 3.05) is 7.05 Å². The molecule has 3 rings (SSSR count). The van der Waals surface area contributed by atoms with E-state index in [2.05, 4.69) is 22.9 Å². The van der Waals surface area contributed by atoms with Crippen LogP contribution in [0.4, 0.5) is 0 Å². The van der Waals surface area contributed by atoms with Gasteiger partial charge in [0, 0.05) is 11.9 Å². The van der Waals surface area contributed by atoms with Crippen molar-refractivity contribution < 1.29 is 4.79 Å². The third kappa shape index (κ3) is 4.24. The molecular weight excluding hydrogens is 330 g/mol. The first-order valence-electron chi connectivity index (χ1n) is 8.28. The molecule has 1 amide bonds. The second-order valence-electron chi connectivity index (χ2n) is 6.51. The molecule has 0 aliphatic carbocycles. The summed E-state index contributed by atoms with van der Waals surface area (Å²) in [6, 6.07) is 20.2. The highest BCUT2D eigenvalue weighted by Gasteiger charge is 2.31. The number of hydrazine groups is 1. The van der Waals surface area contributed by atoms with Gasteiger partial charge in [-0.15, -0.1) is 11.8 Å². The number of nitrogens with one attached hydrogen (secondary N) is 2. The lowest BCUT2D eigenvalue weighted by molar-refractivity contribution is -0.122. The van der Waals surface area contributed by atoms with Crippen LogP contribution < -0.4 is 10.7 Å². The van der Waals surface area contributed by atoms with Crippen molar-refractivity contribution in [1.82, 2.24) is 15.8 Å². The van der Waals surface area contributed by atoms with Crippen LogP contribution >= 0.6 is 11.8 Å². The first kappa shape index (κ1) is 17.6. The number of amides is 1. The van der Waals surface area contributed by atoms with E-state index in [4.69, 9.17) is 0 Å². The van der Waals surface area contributed by atoms with Gasteiger partial charge in [0.1, 0.15) is 5.82 Å². The molecule has 4 nitrogen and oxygen atoms in total. The number of hydrogen-bond acceptors (Lipinski definition) is 4. The SMILES string of the molecule is CN1NC(c2ccccc2)C=C1NC(=O)C(C)(C)Sc1ccccc1. The number of rotatable bonds is 5. The molecule has 2 aromatic carbocycles. The Morgan fingerprint density at radius 3 is 2.32 bits per heavy atom. The molecule has 1 atom stereocenters. The Kier molecular flexibility index (Phi) is 5.16. The topological polar surface area (TPSA) is 44.4 Å². The fourth-order valence-corrected chi connectivity index (χ4v) is 3.66. The minimum Gasteiger partial charge on any atom is -0.310 e. The average Bonchev–Trinajstić information content (AvgIpc) is 2.97. The van der Waals surface area contributed by atoms with Crippen LogP contribution in [0.3, 0.4) is 0 Å². The highest BCUT2D eigenvalue weighted by Crippen LogP contribution is 2.33. The minimum absolute atomic E-state index is 0.0186. The summed E-state index contributed by atoms with van der Waals surface area (Å²) in [6.07, 6.45) is 2.04. The maximum atomic E-state index is 12.8. The van der Waals surface area contributed by atoms with Crippen molar-refractivity contribution in [3.8, 4) is 0 Å². The molecule has 0 spiro atoms. The Bertz CT molecular complexity index is 759. The van der Waals surface area contributed by atoms with Gasteiger partial charge in [0.15, 0.2) is 0 Å². The predicted molar refractivity (Wildman–Crippen MR) is 103 cm³/mol. The standard InChI is InChI=1S/C20H23N3OS/c1-20(2,25-16-12-8-5-9-13-16)19(24)21-18-14-17(22-23(18)3)15-10-6-4-7-11-15/h4-14,17,22H,1-3H3,(H,21,24). The van der Waals surface area contributed by atoms with E-state index in [0.29, 0.717) is 0 Å². The van der Waals surface area contributed by atoms with Crippen LogP contribution in [0, 0.1) is 0 Å². The summed E-state index contributed by atoms with van der Waals surface area (Å²) in [4.78, 5) is 13.9. The van der Waals surface area contributed by atoms with Crippen LogP contribution in [0.15, 0.2) is 77.5 Å². The van der Waals surface area contributed by atoms with Gasteiger partial charge in [-0.25, -0.2) is 5.43 Å². The van der Waals surface area contributed by atoms with Gasteiger partial charge < -0.3 is 5.32 Å². The molecule has 0 bridgehead atoms. The van der Waals surface area contributed by atoms with Gasteiger partial charge in [0.05, 0.1) is 10.8 Å². The van der Waals surface area contributed by atoms with Gasteiger partial charge in [0.2, 0.25) is 5.91 Å². The van der Waals surface area contributed by atoms with Crippen LogP contribution in [0.25, 0.3) is 0 Å². The molecule has 0 aromatic heterocycles. The van der Waals surface area contributed by atoms with Gasteiger partial charge in [-0.1, -0.05) is 48.5 Å². The summed E-state index contributed by atoms with van der Waals surface area (Å²) in [6.45, 7) is 3.88. The lowest BCUT2D eigenvalue weighted by atomic mass is 10.1. The molecule has 1 aliphatic heterocycles. The number of nitrogens with zero attached hydrogens (tertiary/aromatic N) is 1. The highest BCUT2D eigenvalue weighted by atomic mass is 32.2. The molecule has 130 valence electrons. The summed E-state index contributed by atoms with van der Waals surface area (Å²) in [7, 11) is 1.91. The van der Waals surface area contributed by atoms with Gasteiger partial charge in [-0.05, 0) is 37.6 Å². The van der Waals surface area contributed by atoms with Crippen molar-refractivity contribution in [1.29, 1.82) is 0 Å². The monoisotopic (exact) mass is 353 g/mol. The average molecular weight is 353 g/mol. The third-order valence-electron chi connectivity index (χ3n) is 4.08. The zero-order valence-electron chi connectivity index (χ0n) is 14.7. The molecule has 1 aliphatic rings. The van der Waals surface area contributed by atoms with Crippen molar-refractivity contribution in [3.05, 3.63) is 78.1 Å². The number of benzene rings is 2. The molecule has 2 N–H and O–H groups in total.